The molecule has 0 nitrogen and oxygen atoms in total. The maximum absolute atomic E-state index is 14.9. The van der Waals surface area contributed by atoms with Crippen LogP contribution in [0.15, 0.2) is 36.4 Å². The van der Waals surface area contributed by atoms with Gasteiger partial charge in [0.25, 0.3) is 6.71 Å². The van der Waals surface area contributed by atoms with Gasteiger partial charge in [0.2, 0.25) is 0 Å². The van der Waals surface area contributed by atoms with Gasteiger partial charge in [0, 0.05) is 16.4 Å². The zero-order chi connectivity index (χ0) is 20.7. The van der Waals surface area contributed by atoms with E-state index < -0.39 is 58.0 Å². The summed E-state index contributed by atoms with van der Waals surface area (Å²) < 4.78 is 88.6. The van der Waals surface area contributed by atoms with E-state index in [4.69, 9.17) is 0 Å². The van der Waals surface area contributed by atoms with Crippen LogP contribution in [0.1, 0.15) is 16.7 Å². The fourth-order valence-corrected chi connectivity index (χ4v) is 3.26. The molecule has 3 rings (SSSR count). The van der Waals surface area contributed by atoms with E-state index in [0.29, 0.717) is 0 Å². The number of rotatable bonds is 3. The Hall–Kier alpha value is -2.70. The van der Waals surface area contributed by atoms with Crippen LogP contribution in [-0.4, -0.2) is 6.71 Å². The predicted molar refractivity (Wildman–Crippen MR) is 97.9 cm³/mol. The molecule has 0 saturated carbocycles. The number of benzene rings is 3. The highest BCUT2D eigenvalue weighted by Crippen LogP contribution is 2.16. The van der Waals surface area contributed by atoms with E-state index in [9.17, 15) is 26.3 Å². The summed E-state index contributed by atoms with van der Waals surface area (Å²) in [7, 11) is 0. The molecule has 0 radical (unpaired) electrons. The molecule has 0 fully saturated rings. The highest BCUT2D eigenvalue weighted by Gasteiger charge is 2.38. The lowest BCUT2D eigenvalue weighted by molar-refractivity contribution is 0.582. The molecule has 0 aromatic heterocycles. The molecule has 3 aromatic carbocycles. The molecule has 28 heavy (non-hydrogen) atoms. The summed E-state index contributed by atoms with van der Waals surface area (Å²) in [5.41, 5.74) is -2.51. The highest BCUT2D eigenvalue weighted by atomic mass is 19.2. The van der Waals surface area contributed by atoms with Gasteiger partial charge in [0.1, 0.15) is 34.9 Å². The standard InChI is InChI=1S/C21H15BF6/c1-10-4-7-13(23)16(19(10)26)22(17-14(24)8-5-11(2)20(17)27)18-15(25)9-6-12(3)21(18)28/h4-9H,1-3H3. The molecule has 7 heteroatoms. The minimum atomic E-state index is -1.99. The van der Waals surface area contributed by atoms with Gasteiger partial charge in [0.15, 0.2) is 0 Å². The molecule has 0 bridgehead atoms. The average Bonchev–Trinajstić information content (AvgIpc) is 2.65. The average molecular weight is 392 g/mol. The Labute approximate surface area is 158 Å². The molecule has 0 aliphatic heterocycles. The van der Waals surface area contributed by atoms with Gasteiger partial charge in [-0.2, -0.15) is 0 Å². The van der Waals surface area contributed by atoms with Crippen molar-refractivity contribution < 1.29 is 26.3 Å². The summed E-state index contributed by atoms with van der Waals surface area (Å²) in [6.07, 6.45) is 0. The third-order valence-corrected chi connectivity index (χ3v) is 4.82. The van der Waals surface area contributed by atoms with Gasteiger partial charge in [-0.25, -0.2) is 26.3 Å². The fraction of sp³-hybridized carbons (Fsp3) is 0.143. The molecule has 3 aromatic rings. The molecule has 0 heterocycles. The first-order valence-corrected chi connectivity index (χ1v) is 8.48. The fourth-order valence-electron chi connectivity index (χ4n) is 3.26. The molecule has 0 amide bonds. The van der Waals surface area contributed by atoms with Crippen molar-refractivity contribution >= 4 is 23.1 Å². The lowest BCUT2D eigenvalue weighted by atomic mass is 9.35. The van der Waals surface area contributed by atoms with Crippen LogP contribution in [-0.2, 0) is 0 Å². The van der Waals surface area contributed by atoms with Crippen LogP contribution < -0.4 is 16.4 Å². The van der Waals surface area contributed by atoms with Crippen LogP contribution in [0.3, 0.4) is 0 Å². The van der Waals surface area contributed by atoms with E-state index in [0.717, 1.165) is 36.4 Å². The number of aryl methyl sites for hydroxylation is 3. The van der Waals surface area contributed by atoms with Gasteiger partial charge < -0.3 is 0 Å². The topological polar surface area (TPSA) is 0 Å². The number of hydrogen-bond acceptors (Lipinski definition) is 0. The largest absolute Gasteiger partial charge is 0.264 e. The summed E-state index contributed by atoms with van der Waals surface area (Å²) in [5.74, 6) is -6.84. The maximum Gasteiger partial charge on any atom is 0.264 e. The SMILES string of the molecule is Cc1ccc(F)c(B(c2c(F)ccc(C)c2F)c2c(F)ccc(C)c2F)c1F. The second-order valence-corrected chi connectivity index (χ2v) is 6.71. The van der Waals surface area contributed by atoms with Crippen LogP contribution in [0, 0.1) is 55.7 Å². The molecular weight excluding hydrogens is 377 g/mol. The maximum atomic E-state index is 14.9. The molecule has 0 aliphatic carbocycles. The Bertz CT molecular complexity index is 941. The van der Waals surface area contributed by atoms with Crippen LogP contribution in [0.4, 0.5) is 26.3 Å². The first-order valence-electron chi connectivity index (χ1n) is 8.48. The first kappa shape index (κ1) is 20.0. The molecule has 144 valence electrons. The van der Waals surface area contributed by atoms with Crippen LogP contribution in [0.25, 0.3) is 0 Å². The second-order valence-electron chi connectivity index (χ2n) is 6.71. The molecule has 0 aliphatic rings. The molecule has 0 unspecified atom stereocenters. The molecule has 0 spiro atoms. The van der Waals surface area contributed by atoms with Crippen molar-refractivity contribution in [1.82, 2.24) is 0 Å². The van der Waals surface area contributed by atoms with Crippen molar-refractivity contribution in [2.75, 3.05) is 0 Å². The molecule has 0 N–H and O–H groups in total. The second kappa shape index (κ2) is 7.38. The summed E-state index contributed by atoms with van der Waals surface area (Å²) in [4.78, 5) is 0. The van der Waals surface area contributed by atoms with E-state index in [1.54, 1.807) is 0 Å². The highest BCUT2D eigenvalue weighted by molar-refractivity contribution is 6.95. The van der Waals surface area contributed by atoms with Crippen molar-refractivity contribution in [1.29, 1.82) is 0 Å². The smallest absolute Gasteiger partial charge is 0.207 e. The van der Waals surface area contributed by atoms with Crippen LogP contribution >= 0.6 is 0 Å². The molecule has 0 saturated heterocycles. The van der Waals surface area contributed by atoms with Gasteiger partial charge in [-0.05, 0) is 55.7 Å². The van der Waals surface area contributed by atoms with Crippen molar-refractivity contribution in [2.24, 2.45) is 0 Å². The third-order valence-electron chi connectivity index (χ3n) is 4.82. The van der Waals surface area contributed by atoms with Crippen molar-refractivity contribution in [2.45, 2.75) is 20.8 Å². The van der Waals surface area contributed by atoms with E-state index in [2.05, 4.69) is 0 Å². The predicted octanol–water partition coefficient (Wildman–Crippen LogP) is 3.96. The van der Waals surface area contributed by atoms with Gasteiger partial charge in [-0.3, -0.25) is 0 Å². The molecule has 0 atom stereocenters. The minimum Gasteiger partial charge on any atom is -0.207 e. The zero-order valence-electron chi connectivity index (χ0n) is 15.3. The summed E-state index contributed by atoms with van der Waals surface area (Å²) in [6.45, 7) is 1.98. The Morgan fingerprint density at radius 3 is 0.964 bits per heavy atom. The van der Waals surface area contributed by atoms with Crippen LogP contribution in [0.5, 0.6) is 0 Å². The van der Waals surface area contributed by atoms with Gasteiger partial charge in [-0.1, -0.05) is 18.2 Å². The first-order chi connectivity index (χ1) is 13.1. The lowest BCUT2D eigenvalue weighted by Gasteiger charge is -2.21. The van der Waals surface area contributed by atoms with Gasteiger partial charge >= 0.3 is 0 Å². The van der Waals surface area contributed by atoms with E-state index >= 15 is 0 Å². The van der Waals surface area contributed by atoms with Crippen molar-refractivity contribution in [3.63, 3.8) is 0 Å². The number of hydrogen-bond donors (Lipinski definition) is 0. The lowest BCUT2D eigenvalue weighted by Crippen LogP contribution is -2.59. The summed E-state index contributed by atoms with van der Waals surface area (Å²) in [6, 6.07) is 6.11. The summed E-state index contributed by atoms with van der Waals surface area (Å²) >= 11 is 0. The Morgan fingerprint density at radius 2 is 0.714 bits per heavy atom. The Morgan fingerprint density at radius 1 is 0.464 bits per heavy atom. The normalized spacial score (nSPS) is 11.0. The van der Waals surface area contributed by atoms with E-state index in [1.165, 1.54) is 20.8 Å². The van der Waals surface area contributed by atoms with E-state index in [-0.39, 0.29) is 16.7 Å². The third kappa shape index (κ3) is 3.19. The zero-order valence-corrected chi connectivity index (χ0v) is 15.3. The van der Waals surface area contributed by atoms with Crippen LogP contribution in [0.2, 0.25) is 0 Å². The van der Waals surface area contributed by atoms with Gasteiger partial charge in [0.05, 0.1) is 0 Å². The minimum absolute atomic E-state index is 0.0247. The molecular formula is C21H15BF6. The van der Waals surface area contributed by atoms with Crippen molar-refractivity contribution in [3.8, 4) is 0 Å². The van der Waals surface area contributed by atoms with E-state index in [1.807, 2.05) is 0 Å². The number of halogens is 6. The monoisotopic (exact) mass is 392 g/mol. The summed E-state index contributed by atoms with van der Waals surface area (Å²) in [5, 5.41) is 0. The van der Waals surface area contributed by atoms with Gasteiger partial charge in [-0.15, -0.1) is 0 Å². The Balaban J connectivity index is 2.51. The van der Waals surface area contributed by atoms with Crippen molar-refractivity contribution in [3.05, 3.63) is 88.0 Å². The quantitative estimate of drug-likeness (QED) is 0.468. The Kier molecular flexibility index (Phi) is 5.28.